The molecule has 5 heteroatoms. The van der Waals surface area contributed by atoms with Crippen molar-refractivity contribution in [2.45, 2.75) is 6.92 Å². The molecule has 0 amide bonds. The lowest BCUT2D eigenvalue weighted by atomic mass is 10.2. The van der Waals surface area contributed by atoms with Gasteiger partial charge in [-0.15, -0.1) is 10.2 Å². The maximum absolute atomic E-state index is 11.4. The standard InChI is InChI=1S/C17H15N3O2/c1-11-14-5-3-4-6-15(14)18-16(11)20-19-13-9-7-12(8-10-13)17(21)22-2/h3-10,18H,1-2H3. The van der Waals surface area contributed by atoms with Crippen LogP contribution < -0.4 is 0 Å². The summed E-state index contributed by atoms with van der Waals surface area (Å²) < 4.78 is 4.66. The van der Waals surface area contributed by atoms with Gasteiger partial charge in [0.05, 0.1) is 18.4 Å². The summed E-state index contributed by atoms with van der Waals surface area (Å²) in [5.41, 5.74) is 3.26. The zero-order valence-electron chi connectivity index (χ0n) is 12.3. The van der Waals surface area contributed by atoms with E-state index < -0.39 is 0 Å². The molecule has 0 unspecified atom stereocenters. The number of esters is 1. The van der Waals surface area contributed by atoms with E-state index in [0.29, 0.717) is 11.3 Å². The van der Waals surface area contributed by atoms with Gasteiger partial charge in [-0.2, -0.15) is 0 Å². The number of nitrogens with zero attached hydrogens (tertiary/aromatic N) is 2. The monoisotopic (exact) mass is 293 g/mol. The van der Waals surface area contributed by atoms with E-state index in [9.17, 15) is 4.79 Å². The fourth-order valence-electron chi connectivity index (χ4n) is 2.26. The van der Waals surface area contributed by atoms with Crippen LogP contribution in [0.5, 0.6) is 0 Å². The molecule has 1 aromatic heterocycles. The molecule has 0 radical (unpaired) electrons. The lowest BCUT2D eigenvalue weighted by molar-refractivity contribution is 0.0601. The van der Waals surface area contributed by atoms with Gasteiger partial charge in [0, 0.05) is 16.5 Å². The number of carbonyl (C=O) groups is 1. The number of fused-ring (bicyclic) bond motifs is 1. The molecule has 22 heavy (non-hydrogen) atoms. The third-order valence-corrected chi connectivity index (χ3v) is 3.49. The van der Waals surface area contributed by atoms with Gasteiger partial charge in [0.15, 0.2) is 5.82 Å². The highest BCUT2D eigenvalue weighted by Crippen LogP contribution is 2.28. The Bertz CT molecular complexity index is 848. The maximum atomic E-state index is 11.4. The number of para-hydroxylation sites is 1. The lowest BCUT2D eigenvalue weighted by Crippen LogP contribution is -1.99. The molecule has 1 heterocycles. The van der Waals surface area contributed by atoms with Gasteiger partial charge in [-0.1, -0.05) is 18.2 Å². The second-order valence-corrected chi connectivity index (χ2v) is 4.88. The average molecular weight is 293 g/mol. The Balaban J connectivity index is 1.86. The third kappa shape index (κ3) is 2.61. The summed E-state index contributed by atoms with van der Waals surface area (Å²) >= 11 is 0. The zero-order chi connectivity index (χ0) is 15.5. The summed E-state index contributed by atoms with van der Waals surface area (Å²) in [7, 11) is 1.36. The van der Waals surface area contributed by atoms with Crippen molar-refractivity contribution in [3.05, 3.63) is 59.7 Å². The number of benzene rings is 2. The van der Waals surface area contributed by atoms with Crippen molar-refractivity contribution in [2.75, 3.05) is 7.11 Å². The molecule has 0 saturated heterocycles. The number of azo groups is 1. The molecule has 0 saturated carbocycles. The van der Waals surface area contributed by atoms with E-state index in [1.165, 1.54) is 7.11 Å². The Kier molecular flexibility index (Phi) is 3.70. The summed E-state index contributed by atoms with van der Waals surface area (Å²) in [6, 6.07) is 14.8. The van der Waals surface area contributed by atoms with Crippen molar-refractivity contribution in [3.8, 4) is 0 Å². The zero-order valence-corrected chi connectivity index (χ0v) is 12.3. The van der Waals surface area contributed by atoms with Crippen molar-refractivity contribution in [3.63, 3.8) is 0 Å². The molecule has 0 bridgehead atoms. The van der Waals surface area contributed by atoms with E-state index in [-0.39, 0.29) is 5.97 Å². The quantitative estimate of drug-likeness (QED) is 0.563. The summed E-state index contributed by atoms with van der Waals surface area (Å²) in [5.74, 6) is 0.369. The number of hydrogen-bond donors (Lipinski definition) is 1. The van der Waals surface area contributed by atoms with E-state index in [1.807, 2.05) is 31.2 Å². The van der Waals surface area contributed by atoms with E-state index in [0.717, 1.165) is 22.3 Å². The number of rotatable bonds is 3. The van der Waals surface area contributed by atoms with Crippen LogP contribution in [0.1, 0.15) is 15.9 Å². The van der Waals surface area contributed by atoms with Gasteiger partial charge in [0.1, 0.15) is 0 Å². The fourth-order valence-corrected chi connectivity index (χ4v) is 2.26. The number of ether oxygens (including phenoxy) is 1. The van der Waals surface area contributed by atoms with Crippen LogP contribution in [0.25, 0.3) is 10.9 Å². The van der Waals surface area contributed by atoms with Crippen LogP contribution in [-0.4, -0.2) is 18.1 Å². The predicted octanol–water partition coefficient (Wildman–Crippen LogP) is 4.68. The van der Waals surface area contributed by atoms with Gasteiger partial charge in [-0.25, -0.2) is 4.79 Å². The first-order chi connectivity index (χ1) is 10.7. The Morgan fingerprint density at radius 3 is 2.45 bits per heavy atom. The average Bonchev–Trinajstić information content (AvgIpc) is 2.89. The van der Waals surface area contributed by atoms with Crippen LogP contribution in [0, 0.1) is 6.92 Å². The van der Waals surface area contributed by atoms with Crippen molar-refractivity contribution < 1.29 is 9.53 Å². The molecular formula is C17H15N3O2. The maximum Gasteiger partial charge on any atom is 0.337 e. The number of hydrogen-bond acceptors (Lipinski definition) is 4. The van der Waals surface area contributed by atoms with Crippen LogP contribution in [-0.2, 0) is 4.74 Å². The number of H-pyrrole nitrogens is 1. The number of aryl methyl sites for hydroxylation is 1. The molecule has 2 aromatic carbocycles. The van der Waals surface area contributed by atoms with Gasteiger partial charge in [-0.05, 0) is 37.3 Å². The third-order valence-electron chi connectivity index (χ3n) is 3.49. The van der Waals surface area contributed by atoms with Crippen LogP contribution in [0.3, 0.4) is 0 Å². The number of aromatic amines is 1. The summed E-state index contributed by atoms with van der Waals surface area (Å²) in [4.78, 5) is 14.6. The van der Waals surface area contributed by atoms with Gasteiger partial charge < -0.3 is 9.72 Å². The molecule has 0 aliphatic carbocycles. The van der Waals surface area contributed by atoms with Crippen LogP contribution in [0.4, 0.5) is 11.5 Å². The second-order valence-electron chi connectivity index (χ2n) is 4.88. The molecule has 0 fully saturated rings. The highest BCUT2D eigenvalue weighted by atomic mass is 16.5. The first kappa shape index (κ1) is 14.0. The predicted molar refractivity (Wildman–Crippen MR) is 85.0 cm³/mol. The molecule has 3 aromatic rings. The fraction of sp³-hybridized carbons (Fsp3) is 0.118. The van der Waals surface area contributed by atoms with Crippen LogP contribution in [0.15, 0.2) is 58.8 Å². The summed E-state index contributed by atoms with van der Waals surface area (Å²) in [6.07, 6.45) is 0. The molecular weight excluding hydrogens is 278 g/mol. The minimum Gasteiger partial charge on any atom is -0.465 e. The Morgan fingerprint density at radius 2 is 1.77 bits per heavy atom. The van der Waals surface area contributed by atoms with Gasteiger partial charge >= 0.3 is 5.97 Å². The number of carbonyl (C=O) groups excluding carboxylic acids is 1. The minimum absolute atomic E-state index is 0.366. The molecule has 5 nitrogen and oxygen atoms in total. The summed E-state index contributed by atoms with van der Waals surface area (Å²) in [5, 5.41) is 9.60. The molecule has 0 aliphatic rings. The molecule has 3 rings (SSSR count). The highest BCUT2D eigenvalue weighted by Gasteiger charge is 2.06. The Labute approximate surface area is 127 Å². The Hall–Kier alpha value is -2.95. The minimum atomic E-state index is -0.366. The van der Waals surface area contributed by atoms with E-state index in [2.05, 4.69) is 19.9 Å². The first-order valence-electron chi connectivity index (χ1n) is 6.86. The summed E-state index contributed by atoms with van der Waals surface area (Å²) in [6.45, 7) is 2.01. The van der Waals surface area contributed by atoms with Crippen molar-refractivity contribution in [2.24, 2.45) is 10.2 Å². The van der Waals surface area contributed by atoms with E-state index in [1.54, 1.807) is 24.3 Å². The SMILES string of the molecule is COC(=O)c1ccc(N=Nc2[nH]c3ccccc3c2C)cc1. The van der Waals surface area contributed by atoms with Gasteiger partial charge in [0.25, 0.3) is 0 Å². The Morgan fingerprint density at radius 1 is 1.05 bits per heavy atom. The van der Waals surface area contributed by atoms with E-state index >= 15 is 0 Å². The van der Waals surface area contributed by atoms with Crippen LogP contribution >= 0.6 is 0 Å². The van der Waals surface area contributed by atoms with Crippen molar-refractivity contribution in [1.82, 2.24) is 4.98 Å². The molecule has 0 aliphatic heterocycles. The number of nitrogens with one attached hydrogen (secondary N) is 1. The van der Waals surface area contributed by atoms with Gasteiger partial charge in [-0.3, -0.25) is 0 Å². The highest BCUT2D eigenvalue weighted by molar-refractivity contribution is 5.89. The van der Waals surface area contributed by atoms with E-state index in [4.69, 9.17) is 0 Å². The largest absolute Gasteiger partial charge is 0.465 e. The number of methoxy groups -OCH3 is 1. The van der Waals surface area contributed by atoms with Crippen molar-refractivity contribution in [1.29, 1.82) is 0 Å². The lowest BCUT2D eigenvalue weighted by Gasteiger charge is -1.98. The number of aromatic nitrogens is 1. The molecule has 0 atom stereocenters. The first-order valence-corrected chi connectivity index (χ1v) is 6.86. The molecule has 110 valence electrons. The van der Waals surface area contributed by atoms with Crippen molar-refractivity contribution >= 4 is 28.4 Å². The van der Waals surface area contributed by atoms with Crippen LogP contribution in [0.2, 0.25) is 0 Å². The molecule has 0 spiro atoms. The second kappa shape index (κ2) is 5.81. The topological polar surface area (TPSA) is 66.8 Å². The van der Waals surface area contributed by atoms with Gasteiger partial charge in [0.2, 0.25) is 0 Å². The molecule has 1 N–H and O–H groups in total. The smallest absolute Gasteiger partial charge is 0.337 e. The normalized spacial score (nSPS) is 11.2.